The van der Waals surface area contributed by atoms with Crippen LogP contribution in [0.3, 0.4) is 0 Å². The van der Waals surface area contributed by atoms with E-state index >= 15 is 0 Å². The number of carbonyl (C=O) groups is 3. The minimum Gasteiger partial charge on any atom is -0.303 e. The SMILES string of the molecule is O=C(CCCCCN1C(=O)NC(=Cc2cccc3ncccc23)C1=O)NO. The van der Waals surface area contributed by atoms with Crippen molar-refractivity contribution in [3.05, 3.63) is 47.8 Å². The maximum absolute atomic E-state index is 12.5. The molecule has 1 aromatic carbocycles. The molecule has 0 spiro atoms. The summed E-state index contributed by atoms with van der Waals surface area (Å²) in [6, 6.07) is 8.89. The van der Waals surface area contributed by atoms with Crippen LogP contribution >= 0.6 is 0 Å². The molecule has 3 N–H and O–H groups in total. The van der Waals surface area contributed by atoms with Crippen LogP contribution in [-0.2, 0) is 9.59 Å². The Morgan fingerprint density at radius 1 is 1.19 bits per heavy atom. The van der Waals surface area contributed by atoms with E-state index in [0.717, 1.165) is 16.5 Å². The Morgan fingerprint density at radius 3 is 2.85 bits per heavy atom. The van der Waals surface area contributed by atoms with Gasteiger partial charge in [0, 0.05) is 24.5 Å². The van der Waals surface area contributed by atoms with Crippen LogP contribution in [0.1, 0.15) is 31.2 Å². The number of nitrogens with one attached hydrogen (secondary N) is 2. The van der Waals surface area contributed by atoms with Crippen LogP contribution in [0, 0.1) is 0 Å². The average Bonchev–Trinajstić information content (AvgIpc) is 2.95. The second-order valence-corrected chi connectivity index (χ2v) is 6.21. The first-order valence-electron chi connectivity index (χ1n) is 8.71. The van der Waals surface area contributed by atoms with Crippen molar-refractivity contribution in [3.63, 3.8) is 0 Å². The van der Waals surface area contributed by atoms with Crippen molar-refractivity contribution in [2.45, 2.75) is 25.7 Å². The van der Waals surface area contributed by atoms with Crippen LogP contribution in [0.2, 0.25) is 0 Å². The second kappa shape index (κ2) is 8.41. The number of hydroxylamine groups is 1. The third-order valence-electron chi connectivity index (χ3n) is 4.35. The predicted octanol–water partition coefficient (Wildman–Crippen LogP) is 2.19. The van der Waals surface area contributed by atoms with Gasteiger partial charge >= 0.3 is 6.03 Å². The van der Waals surface area contributed by atoms with E-state index in [0.29, 0.717) is 19.3 Å². The van der Waals surface area contributed by atoms with E-state index in [4.69, 9.17) is 5.21 Å². The Labute approximate surface area is 155 Å². The van der Waals surface area contributed by atoms with Gasteiger partial charge in [0.1, 0.15) is 5.70 Å². The van der Waals surface area contributed by atoms with E-state index in [1.165, 1.54) is 4.90 Å². The molecule has 0 bridgehead atoms. The first-order chi connectivity index (χ1) is 13.1. The van der Waals surface area contributed by atoms with Crippen LogP contribution in [0.25, 0.3) is 17.0 Å². The number of benzene rings is 1. The Hall–Kier alpha value is -3.26. The van der Waals surface area contributed by atoms with Gasteiger partial charge in [-0.1, -0.05) is 24.6 Å². The molecule has 0 aliphatic carbocycles. The molecular weight excluding hydrogens is 348 g/mol. The molecule has 1 saturated heterocycles. The molecule has 0 radical (unpaired) electrons. The molecule has 2 heterocycles. The summed E-state index contributed by atoms with van der Waals surface area (Å²) >= 11 is 0. The van der Waals surface area contributed by atoms with Crippen LogP contribution in [-0.4, -0.2) is 39.5 Å². The molecule has 1 aliphatic heterocycles. The molecule has 0 unspecified atom stereocenters. The number of nitrogens with zero attached hydrogens (tertiary/aromatic N) is 2. The third-order valence-corrected chi connectivity index (χ3v) is 4.35. The standard InChI is InChI=1S/C19H20N4O4/c24-17(22-27)9-2-1-3-11-23-18(25)16(21-19(23)26)12-13-6-4-8-15-14(13)7-5-10-20-15/h4-8,10,12,27H,1-3,9,11H2,(H,21,26)(H,22,24). The lowest BCUT2D eigenvalue weighted by molar-refractivity contribution is -0.129. The number of aromatic nitrogens is 1. The molecule has 140 valence electrons. The molecule has 1 fully saturated rings. The summed E-state index contributed by atoms with van der Waals surface area (Å²) in [7, 11) is 0. The summed E-state index contributed by atoms with van der Waals surface area (Å²) < 4.78 is 0. The Kier molecular flexibility index (Phi) is 5.77. The van der Waals surface area contributed by atoms with Gasteiger partial charge in [0.2, 0.25) is 5.91 Å². The van der Waals surface area contributed by atoms with E-state index < -0.39 is 11.9 Å². The zero-order valence-corrected chi connectivity index (χ0v) is 14.6. The normalized spacial score (nSPS) is 15.4. The summed E-state index contributed by atoms with van der Waals surface area (Å²) in [5.74, 6) is -0.811. The summed E-state index contributed by atoms with van der Waals surface area (Å²) in [5, 5.41) is 11.9. The van der Waals surface area contributed by atoms with Crippen molar-refractivity contribution >= 4 is 34.8 Å². The quantitative estimate of drug-likeness (QED) is 0.228. The fraction of sp³-hybridized carbons (Fsp3) is 0.263. The number of carbonyl (C=O) groups excluding carboxylic acids is 3. The molecule has 1 aromatic heterocycles. The number of pyridine rings is 1. The Bertz CT molecular complexity index is 904. The molecule has 8 heteroatoms. The average molecular weight is 368 g/mol. The minimum absolute atomic E-state index is 0.205. The van der Waals surface area contributed by atoms with E-state index in [-0.39, 0.29) is 24.6 Å². The summed E-state index contributed by atoms with van der Waals surface area (Å²) in [6.45, 7) is 0.278. The van der Waals surface area contributed by atoms with E-state index in [1.807, 2.05) is 30.3 Å². The number of urea groups is 1. The zero-order chi connectivity index (χ0) is 19.2. The number of fused-ring (bicyclic) bond motifs is 1. The van der Waals surface area contributed by atoms with Gasteiger partial charge in [-0.15, -0.1) is 0 Å². The third kappa shape index (κ3) is 4.29. The molecule has 0 atom stereocenters. The second-order valence-electron chi connectivity index (χ2n) is 6.21. The highest BCUT2D eigenvalue weighted by Crippen LogP contribution is 2.21. The van der Waals surface area contributed by atoms with E-state index in [2.05, 4.69) is 10.3 Å². The number of amides is 4. The van der Waals surface area contributed by atoms with Gasteiger partial charge in [0.15, 0.2) is 0 Å². The van der Waals surface area contributed by atoms with Crippen molar-refractivity contribution in [2.75, 3.05) is 6.54 Å². The first kappa shape index (κ1) is 18.5. The fourth-order valence-corrected chi connectivity index (χ4v) is 2.97. The highest BCUT2D eigenvalue weighted by atomic mass is 16.5. The van der Waals surface area contributed by atoms with Crippen molar-refractivity contribution in [1.29, 1.82) is 0 Å². The first-order valence-corrected chi connectivity index (χ1v) is 8.71. The number of rotatable bonds is 7. The lowest BCUT2D eigenvalue weighted by atomic mass is 10.1. The minimum atomic E-state index is -0.447. The van der Waals surface area contributed by atoms with Gasteiger partial charge in [0.05, 0.1) is 5.52 Å². The van der Waals surface area contributed by atoms with Gasteiger partial charge in [0.25, 0.3) is 5.91 Å². The summed E-state index contributed by atoms with van der Waals surface area (Å²) in [6.07, 6.45) is 5.39. The van der Waals surface area contributed by atoms with Gasteiger partial charge in [-0.05, 0) is 36.6 Å². The Morgan fingerprint density at radius 2 is 2.04 bits per heavy atom. The molecule has 3 rings (SSSR count). The van der Waals surface area contributed by atoms with Crippen molar-refractivity contribution in [2.24, 2.45) is 0 Å². The predicted molar refractivity (Wildman–Crippen MR) is 98.4 cm³/mol. The zero-order valence-electron chi connectivity index (χ0n) is 14.6. The van der Waals surface area contributed by atoms with Crippen molar-refractivity contribution in [3.8, 4) is 0 Å². The molecular formula is C19H20N4O4. The van der Waals surface area contributed by atoms with Crippen LogP contribution in [0.4, 0.5) is 4.79 Å². The maximum Gasteiger partial charge on any atom is 0.329 e. The highest BCUT2D eigenvalue weighted by Gasteiger charge is 2.32. The number of unbranched alkanes of at least 4 members (excludes halogenated alkanes) is 2. The molecule has 8 nitrogen and oxygen atoms in total. The topological polar surface area (TPSA) is 112 Å². The van der Waals surface area contributed by atoms with Crippen molar-refractivity contribution < 1.29 is 19.6 Å². The largest absolute Gasteiger partial charge is 0.329 e. The van der Waals surface area contributed by atoms with Crippen LogP contribution in [0.15, 0.2) is 42.2 Å². The summed E-state index contributed by atoms with van der Waals surface area (Å²) in [5.41, 5.74) is 3.42. The molecule has 27 heavy (non-hydrogen) atoms. The molecule has 2 aromatic rings. The maximum atomic E-state index is 12.5. The van der Waals surface area contributed by atoms with Gasteiger partial charge < -0.3 is 5.32 Å². The van der Waals surface area contributed by atoms with Gasteiger partial charge in [-0.3, -0.25) is 24.7 Å². The summed E-state index contributed by atoms with van der Waals surface area (Å²) in [4.78, 5) is 41.0. The van der Waals surface area contributed by atoms with Crippen LogP contribution in [0.5, 0.6) is 0 Å². The number of imide groups is 1. The lowest BCUT2D eigenvalue weighted by Gasteiger charge is -2.11. The van der Waals surface area contributed by atoms with E-state index in [9.17, 15) is 14.4 Å². The van der Waals surface area contributed by atoms with E-state index in [1.54, 1.807) is 17.8 Å². The van der Waals surface area contributed by atoms with Crippen molar-refractivity contribution in [1.82, 2.24) is 20.7 Å². The van der Waals surface area contributed by atoms with Gasteiger partial charge in [-0.25, -0.2) is 10.3 Å². The molecule has 1 aliphatic rings. The van der Waals surface area contributed by atoms with Crippen LogP contribution < -0.4 is 10.8 Å². The smallest absolute Gasteiger partial charge is 0.303 e. The lowest BCUT2D eigenvalue weighted by Crippen LogP contribution is -2.31. The number of hydrogen-bond donors (Lipinski definition) is 3. The molecule has 4 amide bonds. The fourth-order valence-electron chi connectivity index (χ4n) is 2.97. The van der Waals surface area contributed by atoms with Gasteiger partial charge in [-0.2, -0.15) is 0 Å². The monoisotopic (exact) mass is 368 g/mol. The molecule has 0 saturated carbocycles. The Balaban J connectivity index is 1.65. The number of hydrogen-bond acceptors (Lipinski definition) is 5. The highest BCUT2D eigenvalue weighted by molar-refractivity contribution is 6.14.